The van der Waals surface area contributed by atoms with Crippen LogP contribution in [0.15, 0.2) is 72.9 Å². The number of nitrogens with zero attached hydrogens (tertiary/aromatic N) is 2. The molecule has 0 aliphatic heterocycles. The maximum atomic E-state index is 13.0. The van der Waals surface area contributed by atoms with Gasteiger partial charge in [0.25, 0.3) is 0 Å². The van der Waals surface area contributed by atoms with Crippen molar-refractivity contribution in [1.82, 2.24) is 9.78 Å². The summed E-state index contributed by atoms with van der Waals surface area (Å²) in [4.78, 5) is 11.5. The molecule has 1 aromatic heterocycles. The molecule has 6 heteroatoms. The molecular weight excluding hydrogens is 353 g/mol. The predicted octanol–water partition coefficient (Wildman–Crippen LogP) is 5.52. The lowest BCUT2D eigenvalue weighted by Crippen LogP contribution is -2.06. The van der Waals surface area contributed by atoms with E-state index in [1.807, 2.05) is 42.5 Å². The van der Waals surface area contributed by atoms with Crippen LogP contribution in [0.4, 0.5) is 13.2 Å². The highest BCUT2D eigenvalue weighted by atomic mass is 19.4. The quantitative estimate of drug-likeness (QED) is 0.447. The van der Waals surface area contributed by atoms with Gasteiger partial charge in [0.1, 0.15) is 5.69 Å². The van der Waals surface area contributed by atoms with Gasteiger partial charge in [0.05, 0.1) is 16.8 Å². The minimum absolute atomic E-state index is 0.236. The molecule has 0 N–H and O–H groups in total. The minimum Gasteiger partial charge on any atom is -0.298 e. The summed E-state index contributed by atoms with van der Waals surface area (Å²) < 4.78 is 40.2. The number of hydrogen-bond acceptors (Lipinski definition) is 2. The molecule has 4 rings (SSSR count). The Kier molecular flexibility index (Phi) is 4.03. The molecule has 0 bridgehead atoms. The van der Waals surface area contributed by atoms with Crippen LogP contribution in [0.5, 0.6) is 0 Å². The zero-order chi connectivity index (χ0) is 19.0. The van der Waals surface area contributed by atoms with E-state index in [2.05, 4.69) is 5.10 Å². The molecule has 0 saturated carbocycles. The van der Waals surface area contributed by atoms with Crippen LogP contribution in [-0.4, -0.2) is 16.1 Å². The molecular formula is C21H13F3N2O. The maximum absolute atomic E-state index is 13.0. The fourth-order valence-electron chi connectivity index (χ4n) is 2.99. The van der Waals surface area contributed by atoms with E-state index in [-0.39, 0.29) is 5.69 Å². The van der Waals surface area contributed by atoms with Crippen molar-refractivity contribution in [1.29, 1.82) is 0 Å². The fourth-order valence-corrected chi connectivity index (χ4v) is 2.99. The van der Waals surface area contributed by atoms with Gasteiger partial charge in [-0.05, 0) is 35.0 Å². The zero-order valence-electron chi connectivity index (χ0n) is 13.9. The Morgan fingerprint density at radius 3 is 2.41 bits per heavy atom. The molecule has 0 aliphatic rings. The van der Waals surface area contributed by atoms with E-state index in [0.717, 1.165) is 28.5 Å². The average Bonchev–Trinajstić information content (AvgIpc) is 3.11. The third-order valence-corrected chi connectivity index (χ3v) is 4.33. The van der Waals surface area contributed by atoms with Gasteiger partial charge in [-0.1, -0.05) is 42.5 Å². The predicted molar refractivity (Wildman–Crippen MR) is 96.9 cm³/mol. The molecule has 0 amide bonds. The van der Waals surface area contributed by atoms with Crippen molar-refractivity contribution in [3.63, 3.8) is 0 Å². The first-order chi connectivity index (χ1) is 13.0. The SMILES string of the molecule is O=Cc1cn(-c2cccc(C(F)(F)F)c2)nc1-c1ccc2ccccc2c1. The van der Waals surface area contributed by atoms with E-state index in [9.17, 15) is 18.0 Å². The van der Waals surface area contributed by atoms with Gasteiger partial charge in [0.15, 0.2) is 6.29 Å². The van der Waals surface area contributed by atoms with Crippen LogP contribution >= 0.6 is 0 Å². The molecule has 1 heterocycles. The summed E-state index contributed by atoms with van der Waals surface area (Å²) in [6.45, 7) is 0. The molecule has 0 radical (unpaired) electrons. The van der Waals surface area contributed by atoms with Crippen molar-refractivity contribution in [2.45, 2.75) is 6.18 Å². The molecule has 0 spiro atoms. The molecule has 3 nitrogen and oxygen atoms in total. The number of fused-ring (bicyclic) bond motifs is 1. The lowest BCUT2D eigenvalue weighted by Gasteiger charge is -2.08. The van der Waals surface area contributed by atoms with E-state index in [4.69, 9.17) is 0 Å². The minimum atomic E-state index is -4.45. The molecule has 0 aliphatic carbocycles. The van der Waals surface area contributed by atoms with Gasteiger partial charge < -0.3 is 0 Å². The second kappa shape index (κ2) is 6.39. The monoisotopic (exact) mass is 366 g/mol. The second-order valence-electron chi connectivity index (χ2n) is 6.11. The van der Waals surface area contributed by atoms with E-state index in [0.29, 0.717) is 17.5 Å². The van der Waals surface area contributed by atoms with Crippen LogP contribution in [0.2, 0.25) is 0 Å². The molecule has 134 valence electrons. The summed E-state index contributed by atoms with van der Waals surface area (Å²) in [6.07, 6.45) is -2.35. The van der Waals surface area contributed by atoms with Crippen LogP contribution in [0.25, 0.3) is 27.7 Å². The van der Waals surface area contributed by atoms with Crippen LogP contribution in [-0.2, 0) is 6.18 Å². The molecule has 0 fully saturated rings. The van der Waals surface area contributed by atoms with E-state index in [1.165, 1.54) is 23.0 Å². The number of rotatable bonds is 3. The summed E-state index contributed by atoms with van der Waals surface area (Å²) in [7, 11) is 0. The lowest BCUT2D eigenvalue weighted by atomic mass is 10.0. The molecule has 4 aromatic rings. The third-order valence-electron chi connectivity index (χ3n) is 4.33. The fraction of sp³-hybridized carbons (Fsp3) is 0.0476. The number of carbonyl (C=O) groups is 1. The van der Waals surface area contributed by atoms with Crippen LogP contribution < -0.4 is 0 Å². The largest absolute Gasteiger partial charge is 0.416 e. The number of halogens is 3. The van der Waals surface area contributed by atoms with Gasteiger partial charge in [-0.25, -0.2) is 4.68 Å². The summed E-state index contributed by atoms with van der Waals surface area (Å²) in [5, 5.41) is 6.40. The van der Waals surface area contributed by atoms with Crippen molar-refractivity contribution < 1.29 is 18.0 Å². The van der Waals surface area contributed by atoms with Crippen LogP contribution in [0, 0.1) is 0 Å². The van der Waals surface area contributed by atoms with Gasteiger partial charge in [-0.15, -0.1) is 0 Å². The topological polar surface area (TPSA) is 34.9 Å². The number of alkyl halides is 3. The standard InChI is InChI=1S/C21H13F3N2O/c22-21(23,24)18-6-3-7-19(11-18)26-12-17(13-27)20(25-26)16-9-8-14-4-1-2-5-15(14)10-16/h1-13H. The number of aromatic nitrogens is 2. The molecule has 27 heavy (non-hydrogen) atoms. The Morgan fingerprint density at radius 1 is 0.889 bits per heavy atom. The summed E-state index contributed by atoms with van der Waals surface area (Å²) in [5.41, 5.74) is 0.924. The van der Waals surface area contributed by atoms with Gasteiger partial charge in [-0.3, -0.25) is 4.79 Å². The van der Waals surface area contributed by atoms with Crippen molar-refractivity contribution >= 4 is 17.1 Å². The first kappa shape index (κ1) is 17.0. The third kappa shape index (κ3) is 3.21. The maximum Gasteiger partial charge on any atom is 0.416 e. The van der Waals surface area contributed by atoms with Crippen molar-refractivity contribution in [2.24, 2.45) is 0 Å². The van der Waals surface area contributed by atoms with Crippen molar-refractivity contribution in [3.05, 3.63) is 84.1 Å². The second-order valence-corrected chi connectivity index (χ2v) is 6.11. The average molecular weight is 366 g/mol. The number of benzene rings is 3. The summed E-state index contributed by atoms with van der Waals surface area (Å²) in [5.74, 6) is 0. The first-order valence-electron chi connectivity index (χ1n) is 8.17. The van der Waals surface area contributed by atoms with Gasteiger partial charge in [-0.2, -0.15) is 18.3 Å². The zero-order valence-corrected chi connectivity index (χ0v) is 13.9. The normalized spacial score (nSPS) is 11.7. The molecule has 0 unspecified atom stereocenters. The van der Waals surface area contributed by atoms with Crippen molar-refractivity contribution in [2.75, 3.05) is 0 Å². The molecule has 0 atom stereocenters. The Hall–Kier alpha value is -3.41. The highest BCUT2D eigenvalue weighted by Gasteiger charge is 2.30. The van der Waals surface area contributed by atoms with Gasteiger partial charge >= 0.3 is 6.18 Å². The first-order valence-corrected chi connectivity index (χ1v) is 8.17. The Morgan fingerprint density at radius 2 is 1.67 bits per heavy atom. The van der Waals surface area contributed by atoms with Crippen LogP contribution in [0.3, 0.4) is 0 Å². The smallest absolute Gasteiger partial charge is 0.298 e. The highest BCUT2D eigenvalue weighted by molar-refractivity contribution is 5.91. The lowest BCUT2D eigenvalue weighted by molar-refractivity contribution is -0.137. The van der Waals surface area contributed by atoms with Crippen LogP contribution in [0.1, 0.15) is 15.9 Å². The Bertz CT molecular complexity index is 1150. The van der Waals surface area contributed by atoms with E-state index in [1.54, 1.807) is 0 Å². The van der Waals surface area contributed by atoms with E-state index >= 15 is 0 Å². The Balaban J connectivity index is 1.82. The Labute approximate surface area is 152 Å². The van der Waals surface area contributed by atoms with Gasteiger partial charge in [0.2, 0.25) is 0 Å². The number of hydrogen-bond donors (Lipinski definition) is 0. The molecule has 3 aromatic carbocycles. The van der Waals surface area contributed by atoms with E-state index < -0.39 is 11.7 Å². The van der Waals surface area contributed by atoms with Crippen molar-refractivity contribution in [3.8, 4) is 16.9 Å². The highest BCUT2D eigenvalue weighted by Crippen LogP contribution is 2.31. The molecule has 0 saturated heterocycles. The number of aldehydes is 1. The van der Waals surface area contributed by atoms with Gasteiger partial charge in [0, 0.05) is 11.8 Å². The summed E-state index contributed by atoms with van der Waals surface area (Å²) in [6, 6.07) is 18.3. The number of carbonyl (C=O) groups excluding carboxylic acids is 1. The summed E-state index contributed by atoms with van der Waals surface area (Å²) >= 11 is 0.